The van der Waals surface area contributed by atoms with Gasteiger partial charge in [-0.2, -0.15) is 13.2 Å². The number of benzene rings is 1. The molecule has 2 heterocycles. The average Bonchev–Trinajstić information content (AvgIpc) is 2.74. The van der Waals surface area contributed by atoms with Crippen LogP contribution in [-0.2, 0) is 11.3 Å². The first-order valence-corrected chi connectivity index (χ1v) is 9.41. The van der Waals surface area contributed by atoms with Crippen LogP contribution in [0.5, 0.6) is 5.88 Å². The van der Waals surface area contributed by atoms with Gasteiger partial charge in [-0.3, -0.25) is 0 Å². The summed E-state index contributed by atoms with van der Waals surface area (Å²) in [5.41, 5.74) is 7.42. The van der Waals surface area contributed by atoms with Crippen molar-refractivity contribution in [1.82, 2.24) is 9.88 Å². The van der Waals surface area contributed by atoms with E-state index in [0.29, 0.717) is 19.0 Å². The summed E-state index contributed by atoms with van der Waals surface area (Å²) in [5, 5.41) is 10.0. The average molecular weight is 440 g/mol. The number of carboxylic acid groups (broad SMARTS) is 1. The Kier molecular flexibility index (Phi) is 8.62. The lowest BCUT2D eigenvalue weighted by atomic mass is 10.1. The minimum atomic E-state index is -5.08. The van der Waals surface area contributed by atoms with E-state index in [0.717, 1.165) is 30.6 Å². The lowest BCUT2D eigenvalue weighted by Gasteiger charge is -2.32. The fourth-order valence-electron chi connectivity index (χ4n) is 2.76. The maximum absolute atomic E-state index is 12.4. The second-order valence-electron chi connectivity index (χ2n) is 6.63. The number of nitrogens with zero attached hydrogens (tertiary/aromatic N) is 2. The Balaban J connectivity index is 0.000000423. The Hall–Kier alpha value is -3.34. The number of halogens is 3. The molecule has 0 aliphatic carbocycles. The van der Waals surface area contributed by atoms with Crippen LogP contribution in [0.4, 0.5) is 23.7 Å². The fraction of sp³-hybridized carbons (Fsp3) is 0.350. The predicted molar refractivity (Wildman–Crippen MR) is 107 cm³/mol. The monoisotopic (exact) mass is 440 g/mol. The first-order chi connectivity index (χ1) is 14.7. The third-order valence-electron chi connectivity index (χ3n) is 4.26. The molecule has 31 heavy (non-hydrogen) atoms. The van der Waals surface area contributed by atoms with Crippen LogP contribution in [-0.4, -0.2) is 52.4 Å². The van der Waals surface area contributed by atoms with Gasteiger partial charge in [-0.05, 0) is 36.6 Å². The molecule has 0 unspecified atom stereocenters. The van der Waals surface area contributed by atoms with Crippen molar-refractivity contribution >= 4 is 17.7 Å². The second-order valence-corrected chi connectivity index (χ2v) is 6.63. The first-order valence-electron chi connectivity index (χ1n) is 9.41. The van der Waals surface area contributed by atoms with Gasteiger partial charge in [0.25, 0.3) is 0 Å². The zero-order valence-corrected chi connectivity index (χ0v) is 16.5. The van der Waals surface area contributed by atoms with Crippen LogP contribution in [0, 0.1) is 0 Å². The van der Waals surface area contributed by atoms with E-state index in [1.54, 1.807) is 11.1 Å². The van der Waals surface area contributed by atoms with E-state index in [-0.39, 0.29) is 12.1 Å². The van der Waals surface area contributed by atoms with Crippen molar-refractivity contribution in [3.8, 4) is 5.88 Å². The maximum Gasteiger partial charge on any atom is 0.490 e. The minimum absolute atomic E-state index is 0.0548. The molecule has 1 saturated heterocycles. The zero-order chi connectivity index (χ0) is 22.9. The number of aliphatic carboxylic acids is 1. The first kappa shape index (κ1) is 23.9. The van der Waals surface area contributed by atoms with Crippen LogP contribution in [0.25, 0.3) is 0 Å². The zero-order valence-electron chi connectivity index (χ0n) is 16.5. The van der Waals surface area contributed by atoms with Crippen molar-refractivity contribution in [3.05, 3.63) is 54.2 Å². The van der Waals surface area contributed by atoms with Crippen molar-refractivity contribution in [1.29, 1.82) is 0 Å². The van der Waals surface area contributed by atoms with Gasteiger partial charge in [0.05, 0.1) is 6.54 Å². The van der Waals surface area contributed by atoms with Gasteiger partial charge < -0.3 is 25.8 Å². The van der Waals surface area contributed by atoms with Crippen LogP contribution in [0.3, 0.4) is 0 Å². The molecule has 1 aliphatic rings. The number of alkyl halides is 3. The number of aromatic nitrogens is 1. The van der Waals surface area contributed by atoms with Crippen LogP contribution >= 0.6 is 0 Å². The number of anilines is 1. The fourth-order valence-corrected chi connectivity index (χ4v) is 2.76. The molecular formula is C20H23F3N4O4. The Bertz CT molecular complexity index is 865. The normalized spacial score (nSPS) is 16.0. The van der Waals surface area contributed by atoms with Crippen LogP contribution in [0.2, 0.25) is 0 Å². The topological polar surface area (TPSA) is 118 Å². The van der Waals surface area contributed by atoms with Gasteiger partial charge in [0.2, 0.25) is 5.88 Å². The number of para-hydroxylation sites is 1. The highest BCUT2D eigenvalue weighted by molar-refractivity contribution is 5.89. The molecule has 3 rings (SSSR count). The number of urea groups is 1. The molecule has 1 aliphatic heterocycles. The molecule has 1 aromatic carbocycles. The standard InChI is InChI=1S/C18H22N4O2.C2HF3O2/c19-12-14-8-9-20-17(11-14)24-16-7-4-10-22(13-16)18(23)21-15-5-2-1-3-6-15;3-2(4,5)1(6)7/h1-3,5-6,8-9,11,16H,4,7,10,12-13,19H2,(H,21,23);(H,6,7)/t16-;/m0./s1. The minimum Gasteiger partial charge on any atom is -0.475 e. The number of hydrogen-bond donors (Lipinski definition) is 3. The number of pyridine rings is 1. The summed E-state index contributed by atoms with van der Waals surface area (Å²) < 4.78 is 37.7. The molecular weight excluding hydrogens is 417 g/mol. The highest BCUT2D eigenvalue weighted by atomic mass is 19.4. The molecule has 1 aromatic heterocycles. The molecule has 1 fully saturated rings. The van der Waals surface area contributed by atoms with E-state index >= 15 is 0 Å². The van der Waals surface area contributed by atoms with Gasteiger partial charge >= 0.3 is 18.2 Å². The van der Waals surface area contributed by atoms with Crippen molar-refractivity contribution in [2.24, 2.45) is 5.73 Å². The van der Waals surface area contributed by atoms with Crippen LogP contribution < -0.4 is 15.8 Å². The SMILES string of the molecule is NCc1ccnc(O[C@H]2CCCN(C(=O)Nc3ccccc3)C2)c1.O=C(O)C(F)(F)F. The van der Waals surface area contributed by atoms with E-state index in [9.17, 15) is 18.0 Å². The highest BCUT2D eigenvalue weighted by Crippen LogP contribution is 2.18. The number of nitrogens with one attached hydrogen (secondary N) is 1. The number of carboxylic acids is 1. The lowest BCUT2D eigenvalue weighted by molar-refractivity contribution is -0.192. The number of likely N-dealkylation sites (tertiary alicyclic amines) is 1. The molecule has 8 nitrogen and oxygen atoms in total. The number of carbonyl (C=O) groups excluding carboxylic acids is 1. The van der Waals surface area contributed by atoms with Crippen molar-refractivity contribution in [3.63, 3.8) is 0 Å². The molecule has 0 saturated carbocycles. The molecule has 2 aromatic rings. The number of carbonyl (C=O) groups is 2. The van der Waals surface area contributed by atoms with E-state index in [2.05, 4.69) is 10.3 Å². The Morgan fingerprint density at radius 2 is 1.94 bits per heavy atom. The van der Waals surface area contributed by atoms with E-state index in [1.807, 2.05) is 42.5 Å². The predicted octanol–water partition coefficient (Wildman–Crippen LogP) is 3.25. The molecule has 168 valence electrons. The van der Waals surface area contributed by atoms with Gasteiger partial charge in [0.15, 0.2) is 0 Å². The molecule has 0 spiro atoms. The Morgan fingerprint density at radius 1 is 1.26 bits per heavy atom. The summed E-state index contributed by atoms with van der Waals surface area (Å²) in [6.45, 7) is 1.73. The van der Waals surface area contributed by atoms with E-state index in [4.69, 9.17) is 20.4 Å². The summed E-state index contributed by atoms with van der Waals surface area (Å²) in [6.07, 6.45) is -1.63. The third-order valence-corrected chi connectivity index (χ3v) is 4.26. The molecule has 0 bridgehead atoms. The van der Waals surface area contributed by atoms with E-state index < -0.39 is 12.1 Å². The molecule has 11 heteroatoms. The van der Waals surface area contributed by atoms with E-state index in [1.165, 1.54) is 0 Å². The van der Waals surface area contributed by atoms with Crippen molar-refractivity contribution < 1.29 is 32.6 Å². The summed E-state index contributed by atoms with van der Waals surface area (Å²) in [6, 6.07) is 13.1. The second kappa shape index (κ2) is 11.2. The van der Waals surface area contributed by atoms with Crippen LogP contribution in [0.1, 0.15) is 18.4 Å². The van der Waals surface area contributed by atoms with Crippen molar-refractivity contribution in [2.45, 2.75) is 31.7 Å². The largest absolute Gasteiger partial charge is 0.490 e. The number of hydrogen-bond acceptors (Lipinski definition) is 5. The summed E-state index contributed by atoms with van der Waals surface area (Å²) in [7, 11) is 0. The maximum atomic E-state index is 12.4. The van der Waals surface area contributed by atoms with Gasteiger partial charge in [-0.15, -0.1) is 0 Å². The number of amides is 2. The summed E-state index contributed by atoms with van der Waals surface area (Å²) >= 11 is 0. The third kappa shape index (κ3) is 8.13. The lowest BCUT2D eigenvalue weighted by Crippen LogP contribution is -2.46. The van der Waals surface area contributed by atoms with Gasteiger partial charge in [-0.25, -0.2) is 14.6 Å². The summed E-state index contributed by atoms with van der Waals surface area (Å²) in [4.78, 5) is 27.3. The van der Waals surface area contributed by atoms with Crippen LogP contribution in [0.15, 0.2) is 48.7 Å². The van der Waals surface area contributed by atoms with Crippen molar-refractivity contribution in [2.75, 3.05) is 18.4 Å². The molecule has 0 radical (unpaired) electrons. The Labute approximate surface area is 176 Å². The number of piperidine rings is 1. The smallest absolute Gasteiger partial charge is 0.475 e. The molecule has 4 N–H and O–H groups in total. The van der Waals surface area contributed by atoms with Gasteiger partial charge in [0.1, 0.15) is 6.10 Å². The number of nitrogens with two attached hydrogens (primary N) is 1. The quantitative estimate of drug-likeness (QED) is 0.672. The molecule has 2 amide bonds. The highest BCUT2D eigenvalue weighted by Gasteiger charge is 2.38. The summed E-state index contributed by atoms with van der Waals surface area (Å²) in [5.74, 6) is -2.19. The number of rotatable bonds is 4. The van der Waals surface area contributed by atoms with Gasteiger partial charge in [0, 0.05) is 31.0 Å². The molecule has 1 atom stereocenters. The van der Waals surface area contributed by atoms with Gasteiger partial charge in [-0.1, -0.05) is 18.2 Å². The Morgan fingerprint density at radius 3 is 2.55 bits per heavy atom. The number of ether oxygens (including phenoxy) is 1.